The molecule has 2 heterocycles. The first-order valence-electron chi connectivity index (χ1n) is 10.3. The summed E-state index contributed by atoms with van der Waals surface area (Å²) < 4.78 is 11.8. The van der Waals surface area contributed by atoms with Gasteiger partial charge >= 0.3 is 0 Å². The van der Waals surface area contributed by atoms with E-state index in [4.69, 9.17) is 14.5 Å². The minimum absolute atomic E-state index is 0. The van der Waals surface area contributed by atoms with Gasteiger partial charge in [0.15, 0.2) is 5.96 Å². The number of anilines is 1. The number of para-hydroxylation sites is 1. The highest BCUT2D eigenvalue weighted by molar-refractivity contribution is 14.0. The molecule has 28 heavy (non-hydrogen) atoms. The molecule has 1 N–H and O–H groups in total. The second kappa shape index (κ2) is 12.5. The van der Waals surface area contributed by atoms with Crippen LogP contribution in [0.4, 0.5) is 5.69 Å². The van der Waals surface area contributed by atoms with Crippen molar-refractivity contribution in [1.82, 2.24) is 10.2 Å². The van der Waals surface area contributed by atoms with Crippen molar-refractivity contribution in [3.8, 4) is 0 Å². The second-order valence-corrected chi connectivity index (χ2v) is 7.25. The predicted molar refractivity (Wildman–Crippen MR) is 126 cm³/mol. The molecular formula is C21H35IN4O2. The fourth-order valence-electron chi connectivity index (χ4n) is 3.72. The van der Waals surface area contributed by atoms with E-state index in [2.05, 4.69) is 59.4 Å². The molecule has 0 spiro atoms. The van der Waals surface area contributed by atoms with Crippen molar-refractivity contribution >= 4 is 35.6 Å². The summed E-state index contributed by atoms with van der Waals surface area (Å²) in [5.41, 5.74) is 1.25. The molecule has 2 unspecified atom stereocenters. The minimum Gasteiger partial charge on any atom is -0.375 e. The Hall–Kier alpha value is -1.06. The smallest absolute Gasteiger partial charge is 0.194 e. The van der Waals surface area contributed by atoms with Crippen LogP contribution in [0.25, 0.3) is 0 Å². The first kappa shape index (κ1) is 23.2. The summed E-state index contributed by atoms with van der Waals surface area (Å²) >= 11 is 0. The number of benzene rings is 1. The van der Waals surface area contributed by atoms with Gasteiger partial charge in [0, 0.05) is 52.1 Å². The number of hydrogen-bond donors (Lipinski definition) is 1. The molecule has 3 rings (SSSR count). The Morgan fingerprint density at radius 2 is 2.00 bits per heavy atom. The molecule has 2 aliphatic rings. The second-order valence-electron chi connectivity index (χ2n) is 7.25. The third-order valence-electron chi connectivity index (χ3n) is 5.22. The van der Waals surface area contributed by atoms with Crippen molar-refractivity contribution in [2.75, 3.05) is 57.9 Å². The van der Waals surface area contributed by atoms with Gasteiger partial charge in [0.25, 0.3) is 0 Å². The van der Waals surface area contributed by atoms with Gasteiger partial charge in [0.05, 0.1) is 12.7 Å². The Labute approximate surface area is 186 Å². The molecule has 0 radical (unpaired) electrons. The lowest BCUT2D eigenvalue weighted by Gasteiger charge is -2.37. The number of hydrogen-bond acceptors (Lipinski definition) is 4. The first-order valence-corrected chi connectivity index (χ1v) is 10.3. The maximum atomic E-state index is 5.97. The Morgan fingerprint density at radius 3 is 2.71 bits per heavy atom. The van der Waals surface area contributed by atoms with Crippen molar-refractivity contribution in [1.29, 1.82) is 0 Å². The average Bonchev–Trinajstić information content (AvgIpc) is 3.26. The summed E-state index contributed by atoms with van der Waals surface area (Å²) in [6.07, 6.45) is 3.69. The van der Waals surface area contributed by atoms with E-state index in [0.717, 1.165) is 71.2 Å². The molecule has 0 aliphatic carbocycles. The predicted octanol–water partition coefficient (Wildman–Crippen LogP) is 2.98. The highest BCUT2D eigenvalue weighted by Crippen LogP contribution is 2.21. The van der Waals surface area contributed by atoms with Gasteiger partial charge in [-0.25, -0.2) is 0 Å². The Bertz CT molecular complexity index is 581. The quantitative estimate of drug-likeness (QED) is 0.269. The number of nitrogens with one attached hydrogen (secondary N) is 1. The Kier molecular flexibility index (Phi) is 10.4. The number of nitrogens with zero attached hydrogens (tertiary/aromatic N) is 3. The van der Waals surface area contributed by atoms with Crippen molar-refractivity contribution < 1.29 is 9.47 Å². The van der Waals surface area contributed by atoms with Crippen LogP contribution in [-0.2, 0) is 9.47 Å². The van der Waals surface area contributed by atoms with Gasteiger partial charge in [-0.2, -0.15) is 0 Å². The lowest BCUT2D eigenvalue weighted by Crippen LogP contribution is -2.53. The standard InChI is InChI=1S/C21H34N4O2.HI/c1-3-22-21(23-12-8-13-24(2)18-9-5-4-6-10-18)25-14-16-27-20(17-25)19-11-7-15-26-19;/h4-6,9-10,19-20H,3,7-8,11-17H2,1-2H3,(H,22,23);1H. The molecule has 2 atom stereocenters. The zero-order valence-corrected chi connectivity index (χ0v) is 19.5. The van der Waals surface area contributed by atoms with Crippen LogP contribution >= 0.6 is 24.0 Å². The topological polar surface area (TPSA) is 49.3 Å². The molecule has 7 heteroatoms. The molecule has 2 saturated heterocycles. The largest absolute Gasteiger partial charge is 0.375 e. The van der Waals surface area contributed by atoms with Crippen LogP contribution in [-0.4, -0.2) is 76.1 Å². The third kappa shape index (κ3) is 6.77. The van der Waals surface area contributed by atoms with Gasteiger partial charge in [0.2, 0.25) is 0 Å². The van der Waals surface area contributed by atoms with E-state index in [0.29, 0.717) is 0 Å². The van der Waals surface area contributed by atoms with Crippen LogP contribution < -0.4 is 10.2 Å². The zero-order valence-electron chi connectivity index (χ0n) is 17.2. The monoisotopic (exact) mass is 502 g/mol. The maximum absolute atomic E-state index is 5.97. The van der Waals surface area contributed by atoms with Gasteiger partial charge < -0.3 is 24.6 Å². The molecule has 0 bridgehead atoms. The third-order valence-corrected chi connectivity index (χ3v) is 5.22. The van der Waals surface area contributed by atoms with E-state index < -0.39 is 0 Å². The van der Waals surface area contributed by atoms with Gasteiger partial charge in [-0.15, -0.1) is 24.0 Å². The summed E-state index contributed by atoms with van der Waals surface area (Å²) in [5.74, 6) is 1.01. The first-order chi connectivity index (χ1) is 13.3. The van der Waals surface area contributed by atoms with Crippen molar-refractivity contribution in [3.05, 3.63) is 30.3 Å². The fraction of sp³-hybridized carbons (Fsp3) is 0.667. The lowest BCUT2D eigenvalue weighted by atomic mass is 10.1. The van der Waals surface area contributed by atoms with Crippen molar-refractivity contribution in [2.24, 2.45) is 4.99 Å². The van der Waals surface area contributed by atoms with E-state index in [9.17, 15) is 0 Å². The van der Waals surface area contributed by atoms with Crippen LogP contribution in [0.2, 0.25) is 0 Å². The molecule has 2 aliphatic heterocycles. The van der Waals surface area contributed by atoms with Gasteiger partial charge in [0.1, 0.15) is 6.10 Å². The number of aliphatic imine (C=N–C) groups is 1. The normalized spacial score (nSPS) is 22.6. The van der Waals surface area contributed by atoms with Crippen molar-refractivity contribution in [2.45, 2.75) is 38.4 Å². The van der Waals surface area contributed by atoms with Crippen LogP contribution in [0.3, 0.4) is 0 Å². The fourth-order valence-corrected chi connectivity index (χ4v) is 3.72. The van der Waals surface area contributed by atoms with Crippen molar-refractivity contribution in [3.63, 3.8) is 0 Å². The Morgan fingerprint density at radius 1 is 1.21 bits per heavy atom. The molecule has 2 fully saturated rings. The van der Waals surface area contributed by atoms with Crippen LogP contribution in [0.15, 0.2) is 35.3 Å². The SMILES string of the molecule is CCNC(=NCCCN(C)c1ccccc1)N1CCOC(C2CCCO2)C1.I. The van der Waals surface area contributed by atoms with E-state index in [-0.39, 0.29) is 36.2 Å². The number of morpholine rings is 1. The zero-order chi connectivity index (χ0) is 18.9. The summed E-state index contributed by atoms with van der Waals surface area (Å²) in [7, 11) is 2.14. The van der Waals surface area contributed by atoms with Gasteiger partial charge in [-0.05, 0) is 38.3 Å². The molecule has 6 nitrogen and oxygen atoms in total. The summed E-state index contributed by atoms with van der Waals surface area (Å²) in [6.45, 7) is 8.18. The van der Waals surface area contributed by atoms with E-state index in [1.54, 1.807) is 0 Å². The molecule has 1 aromatic carbocycles. The maximum Gasteiger partial charge on any atom is 0.194 e. The van der Waals surface area contributed by atoms with E-state index >= 15 is 0 Å². The average molecular weight is 502 g/mol. The van der Waals surface area contributed by atoms with Crippen LogP contribution in [0.1, 0.15) is 26.2 Å². The van der Waals surface area contributed by atoms with Gasteiger partial charge in [-0.1, -0.05) is 18.2 Å². The number of halogens is 1. The molecule has 0 aromatic heterocycles. The van der Waals surface area contributed by atoms with E-state index in [1.165, 1.54) is 5.69 Å². The van der Waals surface area contributed by atoms with Gasteiger partial charge in [-0.3, -0.25) is 4.99 Å². The molecular weight excluding hydrogens is 467 g/mol. The number of rotatable bonds is 7. The van der Waals surface area contributed by atoms with Crippen LogP contribution in [0, 0.1) is 0 Å². The van der Waals surface area contributed by atoms with Crippen LogP contribution in [0.5, 0.6) is 0 Å². The Balaban J connectivity index is 0.00000280. The van der Waals surface area contributed by atoms with E-state index in [1.807, 2.05) is 0 Å². The summed E-state index contributed by atoms with van der Waals surface area (Å²) in [4.78, 5) is 9.49. The minimum atomic E-state index is 0. The number of ether oxygens (including phenoxy) is 2. The highest BCUT2D eigenvalue weighted by atomic mass is 127. The highest BCUT2D eigenvalue weighted by Gasteiger charge is 2.32. The number of guanidine groups is 1. The molecule has 158 valence electrons. The lowest BCUT2D eigenvalue weighted by molar-refractivity contribution is -0.0817. The molecule has 0 saturated carbocycles. The summed E-state index contributed by atoms with van der Waals surface area (Å²) in [5, 5.41) is 3.45. The molecule has 0 amide bonds. The summed E-state index contributed by atoms with van der Waals surface area (Å²) in [6, 6.07) is 10.5. The molecule has 1 aromatic rings.